The number of nitro groups is 1. The molecule has 1 atom stereocenters. The Morgan fingerprint density at radius 2 is 1.93 bits per heavy atom. The number of methoxy groups -OCH3 is 1. The molecule has 0 heterocycles. The van der Waals surface area contributed by atoms with E-state index in [1.165, 1.54) is 26.2 Å². The van der Waals surface area contributed by atoms with E-state index in [0.717, 1.165) is 22.2 Å². The third kappa shape index (κ3) is 5.23. The number of aryl methyl sites for hydroxylation is 1. The maximum absolute atomic E-state index is 12.7. The molecule has 0 saturated carbocycles. The van der Waals surface area contributed by atoms with Gasteiger partial charge in [0.2, 0.25) is 15.9 Å². The van der Waals surface area contributed by atoms with Crippen molar-refractivity contribution in [3.63, 3.8) is 0 Å². The molecule has 2 aromatic rings. The largest absolute Gasteiger partial charge is 0.496 e. The quantitative estimate of drug-likeness (QED) is 0.516. The van der Waals surface area contributed by atoms with Crippen molar-refractivity contribution < 1.29 is 22.9 Å². The van der Waals surface area contributed by atoms with Gasteiger partial charge in [0, 0.05) is 24.2 Å². The van der Waals surface area contributed by atoms with Crippen molar-refractivity contribution in [2.45, 2.75) is 26.4 Å². The molecule has 0 aliphatic carbocycles. The zero-order chi connectivity index (χ0) is 21.8. The van der Waals surface area contributed by atoms with Gasteiger partial charge in [-0.1, -0.05) is 24.3 Å². The van der Waals surface area contributed by atoms with Gasteiger partial charge in [-0.3, -0.25) is 19.2 Å². The molecule has 0 spiro atoms. The number of amides is 1. The molecule has 0 aromatic heterocycles. The standard InChI is InChI=1S/C19H23N3O6S/c1-13-9-10-16(22(24)25)11-17(13)21(29(4,26)27)14(2)19(23)20-12-15-7-5-6-8-18(15)28-3/h5-11,14H,12H2,1-4H3,(H,20,23). The highest BCUT2D eigenvalue weighted by Gasteiger charge is 2.31. The number of carbonyl (C=O) groups is 1. The molecule has 0 bridgehead atoms. The van der Waals surface area contributed by atoms with E-state index < -0.39 is 26.9 Å². The van der Waals surface area contributed by atoms with E-state index in [1.54, 1.807) is 31.2 Å². The Hall–Kier alpha value is -3.14. The first kappa shape index (κ1) is 22.2. The normalized spacial score (nSPS) is 12.1. The number of hydrogen-bond acceptors (Lipinski definition) is 6. The van der Waals surface area contributed by atoms with Crippen LogP contribution in [0.5, 0.6) is 5.75 Å². The minimum Gasteiger partial charge on any atom is -0.496 e. The lowest BCUT2D eigenvalue weighted by Gasteiger charge is -2.29. The van der Waals surface area contributed by atoms with Gasteiger partial charge in [-0.05, 0) is 25.5 Å². The first-order valence-corrected chi connectivity index (χ1v) is 10.5. The van der Waals surface area contributed by atoms with Crippen molar-refractivity contribution in [3.05, 3.63) is 63.7 Å². The van der Waals surface area contributed by atoms with Crippen LogP contribution < -0.4 is 14.4 Å². The number of anilines is 1. The Morgan fingerprint density at radius 1 is 1.28 bits per heavy atom. The lowest BCUT2D eigenvalue weighted by atomic mass is 10.1. The molecule has 1 unspecified atom stereocenters. The molecule has 1 amide bonds. The molecule has 10 heteroatoms. The number of sulfonamides is 1. The van der Waals surface area contributed by atoms with Gasteiger partial charge in [0.1, 0.15) is 11.8 Å². The number of para-hydroxylation sites is 1. The summed E-state index contributed by atoms with van der Waals surface area (Å²) in [6, 6.07) is 9.88. The number of nitro benzene ring substituents is 1. The summed E-state index contributed by atoms with van der Waals surface area (Å²) >= 11 is 0. The summed E-state index contributed by atoms with van der Waals surface area (Å²) in [6.07, 6.45) is 0.954. The molecule has 2 rings (SSSR count). The van der Waals surface area contributed by atoms with E-state index in [1.807, 2.05) is 0 Å². The Labute approximate surface area is 169 Å². The van der Waals surface area contributed by atoms with E-state index in [-0.39, 0.29) is 17.9 Å². The SMILES string of the molecule is COc1ccccc1CNC(=O)C(C)N(c1cc([N+](=O)[O-])ccc1C)S(C)(=O)=O. The van der Waals surface area contributed by atoms with Crippen LogP contribution in [-0.4, -0.2) is 38.7 Å². The molecule has 29 heavy (non-hydrogen) atoms. The third-order valence-corrected chi connectivity index (χ3v) is 5.60. The van der Waals surface area contributed by atoms with E-state index in [0.29, 0.717) is 11.3 Å². The summed E-state index contributed by atoms with van der Waals surface area (Å²) < 4.78 is 31.0. The predicted molar refractivity (Wildman–Crippen MR) is 109 cm³/mol. The lowest BCUT2D eigenvalue weighted by molar-refractivity contribution is -0.384. The second-order valence-electron chi connectivity index (χ2n) is 6.49. The zero-order valence-corrected chi connectivity index (χ0v) is 17.4. The van der Waals surface area contributed by atoms with Crippen LogP contribution in [0.3, 0.4) is 0 Å². The minimum absolute atomic E-state index is 0.0849. The highest BCUT2D eigenvalue weighted by atomic mass is 32.2. The van der Waals surface area contributed by atoms with Crippen LogP contribution in [0.4, 0.5) is 11.4 Å². The molecule has 0 saturated heterocycles. The molecular formula is C19H23N3O6S. The Morgan fingerprint density at radius 3 is 2.52 bits per heavy atom. The monoisotopic (exact) mass is 421 g/mol. The molecule has 0 radical (unpaired) electrons. The highest BCUT2D eigenvalue weighted by Crippen LogP contribution is 2.29. The van der Waals surface area contributed by atoms with Crippen molar-refractivity contribution in [2.24, 2.45) is 0 Å². The van der Waals surface area contributed by atoms with Gasteiger partial charge in [0.05, 0.1) is 24.0 Å². The van der Waals surface area contributed by atoms with Crippen LogP contribution in [0.25, 0.3) is 0 Å². The van der Waals surface area contributed by atoms with Gasteiger partial charge < -0.3 is 10.1 Å². The fourth-order valence-electron chi connectivity index (χ4n) is 2.91. The van der Waals surface area contributed by atoms with Crippen LogP contribution in [-0.2, 0) is 21.4 Å². The van der Waals surface area contributed by atoms with Crippen molar-refractivity contribution >= 4 is 27.3 Å². The molecule has 1 N–H and O–H groups in total. The minimum atomic E-state index is -3.90. The summed E-state index contributed by atoms with van der Waals surface area (Å²) in [7, 11) is -2.38. The maximum atomic E-state index is 12.7. The molecule has 0 aliphatic heterocycles. The number of nitrogens with one attached hydrogen (secondary N) is 1. The van der Waals surface area contributed by atoms with Gasteiger partial charge in [-0.15, -0.1) is 0 Å². The number of nitrogens with zero attached hydrogens (tertiary/aromatic N) is 2. The summed E-state index contributed by atoms with van der Waals surface area (Å²) in [5.74, 6) is 0.0437. The van der Waals surface area contributed by atoms with E-state index >= 15 is 0 Å². The van der Waals surface area contributed by atoms with Crippen LogP contribution in [0.15, 0.2) is 42.5 Å². The Bertz CT molecular complexity index is 1020. The number of rotatable bonds is 8. The van der Waals surface area contributed by atoms with Crippen LogP contribution in [0.2, 0.25) is 0 Å². The summed E-state index contributed by atoms with van der Waals surface area (Å²) in [6.45, 7) is 3.19. The second-order valence-corrected chi connectivity index (χ2v) is 8.35. The lowest BCUT2D eigenvalue weighted by Crippen LogP contribution is -2.48. The zero-order valence-electron chi connectivity index (χ0n) is 16.6. The van der Waals surface area contributed by atoms with Crippen molar-refractivity contribution in [2.75, 3.05) is 17.7 Å². The van der Waals surface area contributed by atoms with Gasteiger partial charge >= 0.3 is 0 Å². The molecule has 2 aromatic carbocycles. The predicted octanol–water partition coefficient (Wildman–Crippen LogP) is 2.38. The molecule has 9 nitrogen and oxygen atoms in total. The maximum Gasteiger partial charge on any atom is 0.271 e. The average molecular weight is 421 g/mol. The van der Waals surface area contributed by atoms with Crippen LogP contribution >= 0.6 is 0 Å². The van der Waals surface area contributed by atoms with Crippen molar-refractivity contribution in [1.82, 2.24) is 5.32 Å². The molecule has 0 aliphatic rings. The third-order valence-electron chi connectivity index (χ3n) is 4.38. The Kier molecular flexibility index (Phi) is 6.80. The second kappa shape index (κ2) is 8.91. The van der Waals surface area contributed by atoms with Gasteiger partial charge in [0.25, 0.3) is 5.69 Å². The summed E-state index contributed by atoms with van der Waals surface area (Å²) in [5, 5.41) is 13.8. The van der Waals surface area contributed by atoms with E-state index in [9.17, 15) is 23.3 Å². The van der Waals surface area contributed by atoms with Crippen LogP contribution in [0.1, 0.15) is 18.1 Å². The van der Waals surface area contributed by atoms with Gasteiger partial charge in [0.15, 0.2) is 0 Å². The number of hydrogen-bond donors (Lipinski definition) is 1. The Balaban J connectivity index is 2.32. The number of benzene rings is 2. The summed E-state index contributed by atoms with van der Waals surface area (Å²) in [5.41, 5.74) is 1.04. The number of carbonyl (C=O) groups excluding carboxylic acids is 1. The fourth-order valence-corrected chi connectivity index (χ4v) is 4.13. The molecule has 0 fully saturated rings. The van der Waals surface area contributed by atoms with Crippen molar-refractivity contribution in [1.29, 1.82) is 0 Å². The highest BCUT2D eigenvalue weighted by molar-refractivity contribution is 7.92. The van der Waals surface area contributed by atoms with Crippen molar-refractivity contribution in [3.8, 4) is 5.75 Å². The molecular weight excluding hydrogens is 398 g/mol. The first-order valence-electron chi connectivity index (χ1n) is 8.70. The smallest absolute Gasteiger partial charge is 0.271 e. The average Bonchev–Trinajstić information content (AvgIpc) is 2.66. The van der Waals surface area contributed by atoms with Crippen LogP contribution in [0, 0.1) is 17.0 Å². The number of ether oxygens (including phenoxy) is 1. The van der Waals surface area contributed by atoms with Gasteiger partial charge in [-0.2, -0.15) is 0 Å². The van der Waals surface area contributed by atoms with E-state index in [4.69, 9.17) is 4.74 Å². The first-order chi connectivity index (χ1) is 13.6. The van der Waals surface area contributed by atoms with E-state index in [2.05, 4.69) is 5.32 Å². The fraction of sp³-hybridized carbons (Fsp3) is 0.316. The number of non-ortho nitro benzene ring substituents is 1. The topological polar surface area (TPSA) is 119 Å². The molecule has 156 valence electrons. The summed E-state index contributed by atoms with van der Waals surface area (Å²) in [4.78, 5) is 23.2. The van der Waals surface area contributed by atoms with Gasteiger partial charge in [-0.25, -0.2) is 8.42 Å².